The van der Waals surface area contributed by atoms with Crippen LogP contribution in [0.15, 0.2) is 36.4 Å². The smallest absolute Gasteiger partial charge is 0.123 e. The topological polar surface area (TPSA) is 20.2 Å². The predicted molar refractivity (Wildman–Crippen MR) is 67.5 cm³/mol. The molecule has 1 N–H and O–H groups in total. The number of halogens is 2. The molecule has 0 radical (unpaired) electrons. The van der Waals surface area contributed by atoms with Gasteiger partial charge in [0.05, 0.1) is 6.61 Å². The standard InChI is InChI=1S/C14H12ClFO/c1-9-6-10(8-17)7-13(15)14(9)11-2-4-12(16)5-3-11/h2-7,17H,8H2,1H3. The average molecular weight is 251 g/mol. The van der Waals surface area contributed by atoms with E-state index in [1.165, 1.54) is 12.1 Å². The number of rotatable bonds is 2. The summed E-state index contributed by atoms with van der Waals surface area (Å²) in [6.45, 7) is 1.88. The second-order valence-electron chi connectivity index (χ2n) is 3.93. The van der Waals surface area contributed by atoms with Gasteiger partial charge in [-0.1, -0.05) is 29.8 Å². The molecule has 3 heteroatoms. The molecule has 2 rings (SSSR count). The van der Waals surface area contributed by atoms with Gasteiger partial charge in [0, 0.05) is 10.6 Å². The Kier molecular flexibility index (Phi) is 3.46. The molecule has 0 aliphatic carbocycles. The summed E-state index contributed by atoms with van der Waals surface area (Å²) in [6.07, 6.45) is 0. The first kappa shape index (κ1) is 12.1. The number of hydrogen-bond acceptors (Lipinski definition) is 1. The minimum atomic E-state index is -0.269. The molecule has 0 unspecified atom stereocenters. The summed E-state index contributed by atoms with van der Waals surface area (Å²) in [5, 5.41) is 9.65. The number of benzene rings is 2. The lowest BCUT2D eigenvalue weighted by Crippen LogP contribution is -1.90. The van der Waals surface area contributed by atoms with Crippen molar-refractivity contribution in [3.8, 4) is 11.1 Å². The normalized spacial score (nSPS) is 10.6. The van der Waals surface area contributed by atoms with Crippen LogP contribution in [-0.2, 0) is 6.61 Å². The summed E-state index contributed by atoms with van der Waals surface area (Å²) in [5.41, 5.74) is 3.49. The largest absolute Gasteiger partial charge is 0.392 e. The van der Waals surface area contributed by atoms with Crippen LogP contribution in [0.2, 0.25) is 5.02 Å². The van der Waals surface area contributed by atoms with Gasteiger partial charge in [0.25, 0.3) is 0 Å². The van der Waals surface area contributed by atoms with Crippen LogP contribution >= 0.6 is 11.6 Å². The van der Waals surface area contributed by atoms with E-state index in [-0.39, 0.29) is 12.4 Å². The quantitative estimate of drug-likeness (QED) is 0.856. The van der Waals surface area contributed by atoms with E-state index in [0.29, 0.717) is 5.02 Å². The van der Waals surface area contributed by atoms with Crippen molar-refractivity contribution in [1.82, 2.24) is 0 Å². The lowest BCUT2D eigenvalue weighted by Gasteiger charge is -2.10. The van der Waals surface area contributed by atoms with Crippen LogP contribution in [-0.4, -0.2) is 5.11 Å². The molecule has 2 aromatic carbocycles. The minimum Gasteiger partial charge on any atom is -0.392 e. The van der Waals surface area contributed by atoms with E-state index < -0.39 is 0 Å². The summed E-state index contributed by atoms with van der Waals surface area (Å²) < 4.78 is 12.9. The van der Waals surface area contributed by atoms with Crippen LogP contribution in [0, 0.1) is 12.7 Å². The molecule has 0 fully saturated rings. The van der Waals surface area contributed by atoms with E-state index in [0.717, 1.165) is 22.3 Å². The molecule has 88 valence electrons. The van der Waals surface area contributed by atoms with Crippen molar-refractivity contribution >= 4 is 11.6 Å². The van der Waals surface area contributed by atoms with Crippen molar-refractivity contribution < 1.29 is 9.50 Å². The predicted octanol–water partition coefficient (Wildman–Crippen LogP) is 3.95. The Bertz CT molecular complexity index is 511. The highest BCUT2D eigenvalue weighted by atomic mass is 35.5. The molecule has 1 nitrogen and oxygen atoms in total. The summed E-state index contributed by atoms with van der Waals surface area (Å²) in [5.74, 6) is -0.269. The number of aliphatic hydroxyl groups excluding tert-OH is 1. The van der Waals surface area contributed by atoms with E-state index in [2.05, 4.69) is 0 Å². The zero-order chi connectivity index (χ0) is 12.4. The summed E-state index contributed by atoms with van der Waals surface area (Å²) in [6, 6.07) is 9.82. The first-order valence-corrected chi connectivity index (χ1v) is 5.65. The van der Waals surface area contributed by atoms with Gasteiger partial charge in [-0.25, -0.2) is 4.39 Å². The number of aryl methyl sites for hydroxylation is 1. The lowest BCUT2D eigenvalue weighted by atomic mass is 9.98. The van der Waals surface area contributed by atoms with Crippen LogP contribution in [0.4, 0.5) is 4.39 Å². The van der Waals surface area contributed by atoms with Crippen LogP contribution in [0.1, 0.15) is 11.1 Å². The second kappa shape index (κ2) is 4.86. The first-order valence-electron chi connectivity index (χ1n) is 5.27. The highest BCUT2D eigenvalue weighted by Crippen LogP contribution is 2.32. The molecule has 0 saturated heterocycles. The van der Waals surface area contributed by atoms with Gasteiger partial charge in [0.2, 0.25) is 0 Å². The van der Waals surface area contributed by atoms with Crippen molar-refractivity contribution in [3.63, 3.8) is 0 Å². The first-order chi connectivity index (χ1) is 8.11. The molecular formula is C14H12ClFO. The van der Waals surface area contributed by atoms with E-state index in [1.54, 1.807) is 18.2 Å². The monoisotopic (exact) mass is 250 g/mol. The Morgan fingerprint density at radius 2 is 1.82 bits per heavy atom. The SMILES string of the molecule is Cc1cc(CO)cc(Cl)c1-c1ccc(F)cc1. The van der Waals surface area contributed by atoms with Crippen LogP contribution in [0.3, 0.4) is 0 Å². The van der Waals surface area contributed by atoms with E-state index in [4.69, 9.17) is 16.7 Å². The molecule has 2 aromatic rings. The van der Waals surface area contributed by atoms with Crippen molar-refractivity contribution in [1.29, 1.82) is 0 Å². The minimum absolute atomic E-state index is 0.0374. The lowest BCUT2D eigenvalue weighted by molar-refractivity contribution is 0.282. The maximum Gasteiger partial charge on any atom is 0.123 e. The third kappa shape index (κ3) is 2.48. The van der Waals surface area contributed by atoms with Crippen LogP contribution < -0.4 is 0 Å². The van der Waals surface area contributed by atoms with Gasteiger partial charge >= 0.3 is 0 Å². The number of hydrogen-bond donors (Lipinski definition) is 1. The molecule has 0 heterocycles. The third-order valence-electron chi connectivity index (χ3n) is 2.66. The molecule has 0 aliphatic rings. The van der Waals surface area contributed by atoms with Crippen LogP contribution in [0.25, 0.3) is 11.1 Å². The molecule has 0 atom stereocenters. The van der Waals surface area contributed by atoms with Gasteiger partial charge in [0.15, 0.2) is 0 Å². The Hall–Kier alpha value is -1.38. The Morgan fingerprint density at radius 1 is 1.18 bits per heavy atom. The highest BCUT2D eigenvalue weighted by molar-refractivity contribution is 6.33. The molecule has 0 aliphatic heterocycles. The van der Waals surface area contributed by atoms with Crippen molar-refractivity contribution in [2.45, 2.75) is 13.5 Å². The van der Waals surface area contributed by atoms with Gasteiger partial charge in [-0.3, -0.25) is 0 Å². The fourth-order valence-corrected chi connectivity index (χ4v) is 2.29. The number of aliphatic hydroxyl groups is 1. The molecular weight excluding hydrogens is 239 g/mol. The molecule has 17 heavy (non-hydrogen) atoms. The van der Waals surface area contributed by atoms with E-state index >= 15 is 0 Å². The zero-order valence-electron chi connectivity index (χ0n) is 9.37. The van der Waals surface area contributed by atoms with Crippen LogP contribution in [0.5, 0.6) is 0 Å². The van der Waals surface area contributed by atoms with Gasteiger partial charge in [-0.15, -0.1) is 0 Å². The average Bonchev–Trinajstić information content (AvgIpc) is 2.30. The third-order valence-corrected chi connectivity index (χ3v) is 2.96. The second-order valence-corrected chi connectivity index (χ2v) is 4.34. The van der Waals surface area contributed by atoms with Gasteiger partial charge in [-0.2, -0.15) is 0 Å². The van der Waals surface area contributed by atoms with E-state index in [9.17, 15) is 4.39 Å². The molecule has 0 bridgehead atoms. The highest BCUT2D eigenvalue weighted by Gasteiger charge is 2.08. The van der Waals surface area contributed by atoms with Gasteiger partial charge in [0.1, 0.15) is 5.82 Å². The molecule has 0 saturated carbocycles. The maximum absolute atomic E-state index is 12.9. The molecule has 0 spiro atoms. The van der Waals surface area contributed by atoms with Gasteiger partial charge in [-0.05, 0) is 41.8 Å². The fraction of sp³-hybridized carbons (Fsp3) is 0.143. The Balaban J connectivity index is 2.55. The Morgan fingerprint density at radius 3 is 2.35 bits per heavy atom. The van der Waals surface area contributed by atoms with E-state index in [1.807, 2.05) is 13.0 Å². The molecule has 0 amide bonds. The summed E-state index contributed by atoms with van der Waals surface area (Å²) in [7, 11) is 0. The van der Waals surface area contributed by atoms with Gasteiger partial charge < -0.3 is 5.11 Å². The van der Waals surface area contributed by atoms with Crippen molar-refractivity contribution in [2.24, 2.45) is 0 Å². The maximum atomic E-state index is 12.9. The van der Waals surface area contributed by atoms with Crippen molar-refractivity contribution in [3.05, 3.63) is 58.4 Å². The Labute approximate surface area is 104 Å². The molecule has 0 aromatic heterocycles. The summed E-state index contributed by atoms with van der Waals surface area (Å²) in [4.78, 5) is 0. The van der Waals surface area contributed by atoms with Crippen molar-refractivity contribution in [2.75, 3.05) is 0 Å². The fourth-order valence-electron chi connectivity index (χ4n) is 1.89. The zero-order valence-corrected chi connectivity index (χ0v) is 10.1. The summed E-state index contributed by atoms with van der Waals surface area (Å²) >= 11 is 6.18.